The summed E-state index contributed by atoms with van der Waals surface area (Å²) in [5.41, 5.74) is 1.14. The number of ether oxygens (including phenoxy) is 1. The van der Waals surface area contributed by atoms with E-state index in [4.69, 9.17) is 10.1 Å². The van der Waals surface area contributed by atoms with Gasteiger partial charge in [-0.05, 0) is 40.2 Å². The maximum atomic E-state index is 10.7. The summed E-state index contributed by atoms with van der Waals surface area (Å²) in [7, 11) is 1.89. The number of esters is 1. The molecule has 0 atom stereocenters. The van der Waals surface area contributed by atoms with Gasteiger partial charge < -0.3 is 10.1 Å². The molecule has 0 amide bonds. The molecule has 1 aromatic carbocycles. The smallest absolute Gasteiger partial charge is 0.308 e. The van der Waals surface area contributed by atoms with E-state index in [1.54, 1.807) is 24.3 Å². The predicted octanol–water partition coefficient (Wildman–Crippen LogP) is 1.41. The Morgan fingerprint density at radius 2 is 2.00 bits per heavy atom. The van der Waals surface area contributed by atoms with E-state index in [1.807, 2.05) is 18.6 Å². The molecule has 0 radical (unpaired) electrons. The number of nitrogens with one attached hydrogen (secondary N) is 1. The minimum absolute atomic E-state index is 0.352. The summed E-state index contributed by atoms with van der Waals surface area (Å²) in [6, 6.07) is 6.82. The molecule has 4 nitrogen and oxygen atoms in total. The van der Waals surface area contributed by atoms with Crippen LogP contribution in [0.4, 0.5) is 0 Å². The van der Waals surface area contributed by atoms with Gasteiger partial charge in [0.2, 0.25) is 0 Å². The van der Waals surface area contributed by atoms with Gasteiger partial charge in [0.05, 0.1) is 17.2 Å². The van der Waals surface area contributed by atoms with Gasteiger partial charge in [0.25, 0.3) is 0 Å². The standard InChI is InChI=1S/C12H13BrN2O2/c1-8(16)17-10-5-3-9(4-6-10)12(14)11(13)7-15-2/h3-7,14-15H,1-2H3/p+1. The lowest BCUT2D eigenvalue weighted by molar-refractivity contribution is -0.556. The fraction of sp³-hybridized carbons (Fsp3) is 0.167. The predicted molar refractivity (Wildman–Crippen MR) is 69.4 cm³/mol. The van der Waals surface area contributed by atoms with Crippen molar-refractivity contribution < 1.29 is 14.8 Å². The first-order chi connectivity index (χ1) is 8.04. The Kier molecular flexibility index (Phi) is 5.06. The third kappa shape index (κ3) is 4.13. The first-order valence-electron chi connectivity index (χ1n) is 5.07. The zero-order valence-corrected chi connectivity index (χ0v) is 11.2. The van der Waals surface area contributed by atoms with E-state index < -0.39 is 0 Å². The molecular formula is C12H14BrN2O2+. The van der Waals surface area contributed by atoms with Crippen LogP contribution >= 0.6 is 15.9 Å². The number of quaternary nitrogens is 1. The highest BCUT2D eigenvalue weighted by Gasteiger charge is 2.07. The molecule has 0 heterocycles. The zero-order chi connectivity index (χ0) is 12.8. The molecule has 0 bridgehead atoms. The summed E-state index contributed by atoms with van der Waals surface area (Å²) in [6.45, 7) is 1.35. The highest BCUT2D eigenvalue weighted by Crippen LogP contribution is 2.17. The molecule has 0 saturated carbocycles. The zero-order valence-electron chi connectivity index (χ0n) is 9.66. The number of carbonyl (C=O) groups is 1. The molecule has 0 aliphatic rings. The third-order valence-corrected chi connectivity index (χ3v) is 2.62. The van der Waals surface area contributed by atoms with Gasteiger partial charge in [-0.3, -0.25) is 10.2 Å². The minimum atomic E-state index is -0.352. The SMILES string of the molecule is C[NH2+]C=C(Br)C(=N)c1ccc(OC(C)=O)cc1. The summed E-state index contributed by atoms with van der Waals surface area (Å²) in [5.74, 6) is 0.130. The fourth-order valence-electron chi connectivity index (χ4n) is 1.22. The number of halogens is 1. The monoisotopic (exact) mass is 297 g/mol. The number of hydrogen-bond acceptors (Lipinski definition) is 3. The average Bonchev–Trinajstić information content (AvgIpc) is 2.28. The Labute approximate surface area is 108 Å². The van der Waals surface area contributed by atoms with E-state index in [2.05, 4.69) is 15.9 Å². The minimum Gasteiger partial charge on any atom is -0.427 e. The molecule has 3 N–H and O–H groups in total. The molecule has 0 saturated heterocycles. The highest BCUT2D eigenvalue weighted by atomic mass is 79.9. The van der Waals surface area contributed by atoms with Crippen molar-refractivity contribution in [1.29, 1.82) is 5.41 Å². The van der Waals surface area contributed by atoms with Crippen molar-refractivity contribution in [2.75, 3.05) is 7.05 Å². The van der Waals surface area contributed by atoms with Crippen molar-refractivity contribution in [2.24, 2.45) is 0 Å². The van der Waals surface area contributed by atoms with E-state index in [-0.39, 0.29) is 5.97 Å². The molecule has 0 fully saturated rings. The van der Waals surface area contributed by atoms with Crippen molar-refractivity contribution in [3.05, 3.63) is 40.5 Å². The van der Waals surface area contributed by atoms with E-state index in [0.29, 0.717) is 15.9 Å². The molecular weight excluding hydrogens is 284 g/mol. The molecule has 5 heteroatoms. The summed E-state index contributed by atoms with van der Waals surface area (Å²) in [6.07, 6.45) is 1.81. The largest absolute Gasteiger partial charge is 0.427 e. The second-order valence-electron chi connectivity index (χ2n) is 3.34. The summed E-state index contributed by atoms with van der Waals surface area (Å²) in [5, 5.41) is 9.76. The van der Waals surface area contributed by atoms with Crippen LogP contribution < -0.4 is 10.1 Å². The Morgan fingerprint density at radius 1 is 1.41 bits per heavy atom. The lowest BCUT2D eigenvalue weighted by atomic mass is 10.1. The molecule has 0 spiro atoms. The van der Waals surface area contributed by atoms with Crippen LogP contribution in [0.2, 0.25) is 0 Å². The Bertz CT molecular complexity index is 452. The topological polar surface area (TPSA) is 66.8 Å². The van der Waals surface area contributed by atoms with Crippen LogP contribution in [0.1, 0.15) is 12.5 Å². The molecule has 0 aromatic heterocycles. The van der Waals surface area contributed by atoms with Gasteiger partial charge in [0.15, 0.2) is 0 Å². The molecule has 17 heavy (non-hydrogen) atoms. The van der Waals surface area contributed by atoms with Crippen LogP contribution in [0.25, 0.3) is 0 Å². The van der Waals surface area contributed by atoms with Gasteiger partial charge in [0.1, 0.15) is 11.9 Å². The summed E-state index contributed by atoms with van der Waals surface area (Å²) < 4.78 is 5.62. The van der Waals surface area contributed by atoms with Crippen LogP contribution in [0.5, 0.6) is 5.75 Å². The van der Waals surface area contributed by atoms with Crippen molar-refractivity contribution in [3.8, 4) is 5.75 Å². The van der Waals surface area contributed by atoms with E-state index in [1.165, 1.54) is 6.92 Å². The summed E-state index contributed by atoms with van der Waals surface area (Å²) in [4.78, 5) is 10.7. The molecule has 90 valence electrons. The van der Waals surface area contributed by atoms with Gasteiger partial charge in [0, 0.05) is 12.5 Å². The normalized spacial score (nSPS) is 11.1. The number of allylic oxidation sites excluding steroid dienone is 1. The maximum Gasteiger partial charge on any atom is 0.308 e. The average molecular weight is 298 g/mol. The van der Waals surface area contributed by atoms with Crippen molar-refractivity contribution >= 4 is 27.6 Å². The van der Waals surface area contributed by atoms with Crippen LogP contribution in [-0.2, 0) is 4.79 Å². The lowest BCUT2D eigenvalue weighted by Crippen LogP contribution is -2.73. The highest BCUT2D eigenvalue weighted by molar-refractivity contribution is 9.12. The first-order valence-corrected chi connectivity index (χ1v) is 5.87. The van der Waals surface area contributed by atoms with Gasteiger partial charge in [-0.1, -0.05) is 0 Å². The third-order valence-electron chi connectivity index (χ3n) is 1.96. The first kappa shape index (κ1) is 13.6. The fourth-order valence-corrected chi connectivity index (χ4v) is 1.72. The molecule has 0 unspecified atom stereocenters. The van der Waals surface area contributed by atoms with Crippen molar-refractivity contribution in [3.63, 3.8) is 0 Å². The molecule has 0 aliphatic carbocycles. The number of nitrogens with two attached hydrogens (primary N) is 1. The van der Waals surface area contributed by atoms with Crippen LogP contribution in [0, 0.1) is 5.41 Å². The van der Waals surface area contributed by atoms with Crippen molar-refractivity contribution in [2.45, 2.75) is 6.92 Å². The number of hydrogen-bond donors (Lipinski definition) is 2. The van der Waals surface area contributed by atoms with E-state index in [9.17, 15) is 4.79 Å². The Hall–Kier alpha value is -1.46. The number of carbonyl (C=O) groups excluding carboxylic acids is 1. The lowest BCUT2D eigenvalue weighted by Gasteiger charge is -2.04. The van der Waals surface area contributed by atoms with Gasteiger partial charge in [-0.25, -0.2) is 0 Å². The van der Waals surface area contributed by atoms with Crippen LogP contribution in [-0.4, -0.2) is 18.7 Å². The molecule has 1 aromatic rings. The maximum absolute atomic E-state index is 10.7. The summed E-state index contributed by atoms with van der Waals surface area (Å²) >= 11 is 3.32. The second kappa shape index (κ2) is 6.32. The van der Waals surface area contributed by atoms with Gasteiger partial charge >= 0.3 is 5.97 Å². The van der Waals surface area contributed by atoms with Crippen molar-refractivity contribution in [1.82, 2.24) is 0 Å². The van der Waals surface area contributed by atoms with Gasteiger partial charge in [-0.2, -0.15) is 0 Å². The van der Waals surface area contributed by atoms with Crippen LogP contribution in [0.15, 0.2) is 34.9 Å². The number of benzene rings is 1. The van der Waals surface area contributed by atoms with E-state index >= 15 is 0 Å². The van der Waals surface area contributed by atoms with Gasteiger partial charge in [-0.15, -0.1) is 0 Å². The Balaban J connectivity index is 2.84. The van der Waals surface area contributed by atoms with E-state index in [0.717, 1.165) is 5.56 Å². The second-order valence-corrected chi connectivity index (χ2v) is 4.20. The quantitative estimate of drug-likeness (QED) is 0.501. The Morgan fingerprint density at radius 3 is 2.47 bits per heavy atom. The molecule has 0 aliphatic heterocycles. The number of rotatable bonds is 4. The molecule has 1 rings (SSSR count). The van der Waals surface area contributed by atoms with Crippen LogP contribution in [0.3, 0.4) is 0 Å².